The van der Waals surface area contributed by atoms with Gasteiger partial charge in [-0.25, -0.2) is 10.3 Å². The molecular weight excluding hydrogens is 230 g/mol. The van der Waals surface area contributed by atoms with Gasteiger partial charge in [0.1, 0.15) is 11.2 Å². The quantitative estimate of drug-likeness (QED) is 0.374. The SMILES string of the molecule is O=[N+]([O-])C1NC1C1(c2ccc(Cl)nc2)CC1. The Morgan fingerprint density at radius 1 is 1.56 bits per heavy atom. The van der Waals surface area contributed by atoms with Crippen LogP contribution >= 0.6 is 11.6 Å². The molecule has 84 valence electrons. The number of rotatable bonds is 3. The van der Waals surface area contributed by atoms with Crippen LogP contribution in [0.2, 0.25) is 5.15 Å². The Morgan fingerprint density at radius 2 is 2.31 bits per heavy atom. The Bertz CT molecular complexity index is 444. The predicted molar refractivity (Wildman–Crippen MR) is 57.9 cm³/mol. The fourth-order valence-corrected chi connectivity index (χ4v) is 2.47. The number of pyridine rings is 1. The van der Waals surface area contributed by atoms with Gasteiger partial charge in [0.15, 0.2) is 0 Å². The van der Waals surface area contributed by atoms with Crippen molar-refractivity contribution in [1.82, 2.24) is 10.3 Å². The number of hydrogen-bond donors (Lipinski definition) is 1. The molecule has 1 saturated heterocycles. The number of aromatic nitrogens is 1. The van der Waals surface area contributed by atoms with Crippen molar-refractivity contribution in [3.05, 3.63) is 39.2 Å². The Kier molecular flexibility index (Phi) is 1.96. The summed E-state index contributed by atoms with van der Waals surface area (Å²) in [5.41, 5.74) is 0.980. The number of halogens is 1. The van der Waals surface area contributed by atoms with Gasteiger partial charge in [0.05, 0.1) is 0 Å². The van der Waals surface area contributed by atoms with E-state index in [1.54, 1.807) is 12.3 Å². The maximum atomic E-state index is 10.6. The summed E-state index contributed by atoms with van der Waals surface area (Å²) in [4.78, 5) is 14.4. The summed E-state index contributed by atoms with van der Waals surface area (Å²) < 4.78 is 0. The van der Waals surface area contributed by atoms with Crippen molar-refractivity contribution in [2.45, 2.75) is 30.5 Å². The number of hydrogen-bond acceptors (Lipinski definition) is 4. The molecule has 2 unspecified atom stereocenters. The fraction of sp³-hybridized carbons (Fsp3) is 0.500. The first kappa shape index (κ1) is 9.99. The molecule has 0 radical (unpaired) electrons. The van der Waals surface area contributed by atoms with E-state index in [1.807, 2.05) is 6.07 Å². The van der Waals surface area contributed by atoms with Crippen molar-refractivity contribution in [3.8, 4) is 0 Å². The summed E-state index contributed by atoms with van der Waals surface area (Å²) in [5.74, 6) is 0. The molecule has 1 aromatic heterocycles. The molecule has 0 amide bonds. The lowest BCUT2D eigenvalue weighted by atomic mass is 9.93. The summed E-state index contributed by atoms with van der Waals surface area (Å²) in [6.45, 7) is 0. The highest BCUT2D eigenvalue weighted by Crippen LogP contribution is 2.55. The molecule has 1 aliphatic heterocycles. The van der Waals surface area contributed by atoms with Crippen molar-refractivity contribution >= 4 is 11.6 Å². The second kappa shape index (κ2) is 3.15. The van der Waals surface area contributed by atoms with Crippen LogP contribution in [-0.4, -0.2) is 22.1 Å². The van der Waals surface area contributed by atoms with Gasteiger partial charge in [0, 0.05) is 16.5 Å². The average Bonchev–Trinajstić information content (AvgIpc) is 3.12. The van der Waals surface area contributed by atoms with Crippen LogP contribution in [0, 0.1) is 10.1 Å². The monoisotopic (exact) mass is 239 g/mol. The van der Waals surface area contributed by atoms with E-state index in [-0.39, 0.29) is 16.4 Å². The van der Waals surface area contributed by atoms with Gasteiger partial charge in [-0.15, -0.1) is 0 Å². The Balaban J connectivity index is 1.85. The zero-order chi connectivity index (χ0) is 11.3. The van der Waals surface area contributed by atoms with E-state index >= 15 is 0 Å². The fourth-order valence-electron chi connectivity index (χ4n) is 2.36. The summed E-state index contributed by atoms with van der Waals surface area (Å²) in [6.07, 6.45) is 3.11. The maximum Gasteiger partial charge on any atom is 0.282 e. The molecule has 2 aliphatic rings. The molecule has 6 heteroatoms. The first-order valence-electron chi connectivity index (χ1n) is 5.15. The van der Waals surface area contributed by atoms with Crippen LogP contribution in [0.25, 0.3) is 0 Å². The molecule has 1 N–H and O–H groups in total. The van der Waals surface area contributed by atoms with E-state index in [0.29, 0.717) is 5.15 Å². The topological polar surface area (TPSA) is 78.0 Å². The number of nitro groups is 1. The summed E-state index contributed by atoms with van der Waals surface area (Å²) in [6, 6.07) is 3.62. The van der Waals surface area contributed by atoms with Crippen LogP contribution in [0.5, 0.6) is 0 Å². The molecule has 2 heterocycles. The standard InChI is InChI=1S/C10H10ClN3O2/c11-7-2-1-6(5-12-7)10(3-4-10)8-9(13-8)14(15)16/h1-2,5,8-9,13H,3-4H2. The molecule has 1 aromatic rings. The predicted octanol–water partition coefficient (Wildman–Crippen LogP) is 1.34. The minimum Gasteiger partial charge on any atom is -0.263 e. The third kappa shape index (κ3) is 1.39. The minimum absolute atomic E-state index is 0.0366. The number of nitrogens with zero attached hydrogens (tertiary/aromatic N) is 2. The molecule has 5 nitrogen and oxygen atoms in total. The molecule has 0 spiro atoms. The smallest absolute Gasteiger partial charge is 0.263 e. The third-order valence-electron chi connectivity index (χ3n) is 3.47. The molecule has 16 heavy (non-hydrogen) atoms. The number of nitrogens with one attached hydrogen (secondary N) is 1. The van der Waals surface area contributed by atoms with E-state index in [0.717, 1.165) is 18.4 Å². The lowest BCUT2D eigenvalue weighted by molar-refractivity contribution is -0.498. The van der Waals surface area contributed by atoms with E-state index in [4.69, 9.17) is 11.6 Å². The Hall–Kier alpha value is -1.20. The first-order valence-corrected chi connectivity index (χ1v) is 5.53. The molecule has 0 bridgehead atoms. The highest BCUT2D eigenvalue weighted by molar-refractivity contribution is 6.29. The lowest BCUT2D eigenvalue weighted by Crippen LogP contribution is -2.20. The van der Waals surface area contributed by atoms with Crippen molar-refractivity contribution in [1.29, 1.82) is 0 Å². The van der Waals surface area contributed by atoms with Crippen LogP contribution in [-0.2, 0) is 5.41 Å². The largest absolute Gasteiger partial charge is 0.282 e. The van der Waals surface area contributed by atoms with E-state index in [2.05, 4.69) is 10.3 Å². The molecule has 3 rings (SSSR count). The van der Waals surface area contributed by atoms with Crippen LogP contribution < -0.4 is 5.32 Å². The lowest BCUT2D eigenvalue weighted by Gasteiger charge is -2.11. The highest BCUT2D eigenvalue weighted by Gasteiger charge is 2.66. The Labute approximate surface area is 97.0 Å². The van der Waals surface area contributed by atoms with Crippen molar-refractivity contribution in [2.75, 3.05) is 0 Å². The van der Waals surface area contributed by atoms with Crippen LogP contribution in [0.3, 0.4) is 0 Å². The van der Waals surface area contributed by atoms with Crippen molar-refractivity contribution in [3.63, 3.8) is 0 Å². The minimum atomic E-state index is -0.585. The second-order valence-electron chi connectivity index (χ2n) is 4.40. The van der Waals surface area contributed by atoms with Crippen molar-refractivity contribution < 1.29 is 4.92 Å². The van der Waals surface area contributed by atoms with Gasteiger partial charge in [-0.2, -0.15) is 0 Å². The summed E-state index contributed by atoms with van der Waals surface area (Å²) in [5, 5.41) is 14.0. The molecule has 0 aromatic carbocycles. The highest BCUT2D eigenvalue weighted by atomic mass is 35.5. The summed E-state index contributed by atoms with van der Waals surface area (Å²) >= 11 is 5.72. The van der Waals surface area contributed by atoms with Gasteiger partial charge < -0.3 is 0 Å². The van der Waals surface area contributed by atoms with Crippen LogP contribution in [0.15, 0.2) is 18.3 Å². The van der Waals surface area contributed by atoms with Gasteiger partial charge in [-0.05, 0) is 24.5 Å². The van der Waals surface area contributed by atoms with Crippen LogP contribution in [0.4, 0.5) is 0 Å². The zero-order valence-corrected chi connectivity index (χ0v) is 9.15. The summed E-state index contributed by atoms with van der Waals surface area (Å²) in [7, 11) is 0. The molecule has 1 saturated carbocycles. The Morgan fingerprint density at radius 3 is 2.75 bits per heavy atom. The van der Waals surface area contributed by atoms with Gasteiger partial charge in [0.25, 0.3) is 6.17 Å². The normalized spacial score (nSPS) is 29.8. The average molecular weight is 240 g/mol. The van der Waals surface area contributed by atoms with Crippen LogP contribution in [0.1, 0.15) is 18.4 Å². The molecule has 1 aliphatic carbocycles. The van der Waals surface area contributed by atoms with E-state index in [1.165, 1.54) is 0 Å². The van der Waals surface area contributed by atoms with E-state index in [9.17, 15) is 10.1 Å². The van der Waals surface area contributed by atoms with E-state index < -0.39 is 6.17 Å². The molecule has 2 fully saturated rings. The zero-order valence-electron chi connectivity index (χ0n) is 8.39. The van der Waals surface area contributed by atoms with Gasteiger partial charge in [0.2, 0.25) is 0 Å². The van der Waals surface area contributed by atoms with Crippen molar-refractivity contribution in [2.24, 2.45) is 0 Å². The van der Waals surface area contributed by atoms with Gasteiger partial charge >= 0.3 is 0 Å². The second-order valence-corrected chi connectivity index (χ2v) is 4.79. The molecule has 2 atom stereocenters. The molecular formula is C10H10ClN3O2. The maximum absolute atomic E-state index is 10.6. The first-order chi connectivity index (χ1) is 7.63. The van der Waals surface area contributed by atoms with Gasteiger partial charge in [-0.3, -0.25) is 10.1 Å². The third-order valence-corrected chi connectivity index (χ3v) is 3.69. The van der Waals surface area contributed by atoms with Gasteiger partial charge in [-0.1, -0.05) is 17.7 Å².